The maximum absolute atomic E-state index is 12.6. The Labute approximate surface area is 138 Å². The van der Waals surface area contributed by atoms with Crippen LogP contribution in [0.5, 0.6) is 0 Å². The molecule has 0 aliphatic carbocycles. The van der Waals surface area contributed by atoms with Crippen LogP contribution in [0.15, 0.2) is 82.8 Å². The summed E-state index contributed by atoms with van der Waals surface area (Å²) in [6.45, 7) is 0. The van der Waals surface area contributed by atoms with Crippen molar-refractivity contribution >= 4 is 31.4 Å². The summed E-state index contributed by atoms with van der Waals surface area (Å²) in [5.41, 5.74) is 0.140. The summed E-state index contributed by atoms with van der Waals surface area (Å²) in [4.78, 5) is 12.5. The van der Waals surface area contributed by atoms with Crippen molar-refractivity contribution in [3.05, 3.63) is 78.4 Å². The van der Waals surface area contributed by atoms with Gasteiger partial charge in [0.05, 0.1) is 4.90 Å². The van der Waals surface area contributed by atoms with Gasteiger partial charge in [-0.1, -0.05) is 59.8 Å². The van der Waals surface area contributed by atoms with Gasteiger partial charge in [-0.3, -0.25) is 4.79 Å². The Balaban J connectivity index is 2.06. The van der Waals surface area contributed by atoms with Crippen molar-refractivity contribution in [3.8, 4) is 0 Å². The molecule has 120 valence electrons. The topological polar surface area (TPSA) is 83.8 Å². The number of fused-ring (bicyclic) bond motifs is 1. The molecule has 0 bridgehead atoms. The maximum atomic E-state index is 12.6. The zero-order valence-electron chi connectivity index (χ0n) is 12.5. The van der Waals surface area contributed by atoms with E-state index in [0.717, 1.165) is 10.8 Å². The number of carbonyl (C=O) groups is 1. The van der Waals surface area contributed by atoms with Gasteiger partial charge in [-0.25, -0.2) is 8.42 Å². The second kappa shape index (κ2) is 6.25. The van der Waals surface area contributed by atoms with E-state index in [2.05, 4.69) is 5.16 Å². The average molecular weight is 339 g/mol. The molecule has 3 aromatic carbocycles. The van der Waals surface area contributed by atoms with Crippen LogP contribution in [0.4, 0.5) is 0 Å². The van der Waals surface area contributed by atoms with Crippen LogP contribution in [0.3, 0.4) is 0 Å². The Morgan fingerprint density at radius 2 is 1.46 bits per heavy atom. The molecule has 24 heavy (non-hydrogen) atoms. The molecular weight excluding hydrogens is 326 g/mol. The summed E-state index contributed by atoms with van der Waals surface area (Å²) in [5, 5.41) is 12.7. The van der Waals surface area contributed by atoms with Crippen molar-refractivity contribution in [1.29, 1.82) is 0 Å². The molecule has 0 fully saturated rings. The molecule has 0 heterocycles. The predicted octanol–water partition coefficient (Wildman–Crippen LogP) is 3.28. The summed E-state index contributed by atoms with van der Waals surface area (Å²) < 4.78 is 25.1. The Hall–Kier alpha value is -2.99. The lowest BCUT2D eigenvalue weighted by atomic mass is 10.0. The van der Waals surface area contributed by atoms with E-state index in [4.69, 9.17) is 5.21 Å². The quantitative estimate of drug-likeness (QED) is 0.261. The summed E-state index contributed by atoms with van der Waals surface area (Å²) >= 11 is 0. The van der Waals surface area contributed by atoms with Crippen LogP contribution < -0.4 is 0 Å². The first-order valence-electron chi connectivity index (χ1n) is 7.10. The number of oxime groups is 1. The van der Waals surface area contributed by atoms with Gasteiger partial charge in [0.15, 0.2) is 0 Å². The molecule has 0 amide bonds. The molecule has 0 saturated carbocycles. The van der Waals surface area contributed by atoms with Crippen LogP contribution in [0.25, 0.3) is 10.8 Å². The van der Waals surface area contributed by atoms with E-state index in [1.807, 2.05) is 24.3 Å². The highest BCUT2D eigenvalue weighted by Gasteiger charge is 2.30. The van der Waals surface area contributed by atoms with Gasteiger partial charge in [-0.15, -0.1) is 0 Å². The third-order valence-electron chi connectivity index (χ3n) is 3.60. The van der Waals surface area contributed by atoms with Crippen molar-refractivity contribution in [2.75, 3.05) is 0 Å². The number of benzene rings is 3. The summed E-state index contributed by atoms with van der Waals surface area (Å²) in [5.74, 6) is -0.855. The highest BCUT2D eigenvalue weighted by molar-refractivity contribution is 8.08. The van der Waals surface area contributed by atoms with Crippen molar-refractivity contribution in [2.24, 2.45) is 5.16 Å². The molecule has 0 unspecified atom stereocenters. The highest BCUT2D eigenvalue weighted by atomic mass is 32.2. The minimum atomic E-state index is -4.20. The fourth-order valence-corrected chi connectivity index (χ4v) is 3.59. The molecule has 0 spiro atoms. The van der Waals surface area contributed by atoms with E-state index in [9.17, 15) is 13.2 Å². The average Bonchev–Trinajstić information content (AvgIpc) is 2.62. The largest absolute Gasteiger partial charge is 0.410 e. The zero-order chi connectivity index (χ0) is 17.2. The molecule has 5 nitrogen and oxygen atoms in total. The molecule has 0 aromatic heterocycles. The molecule has 3 aromatic rings. The number of rotatable bonds is 3. The van der Waals surface area contributed by atoms with E-state index in [1.54, 1.807) is 18.2 Å². The van der Waals surface area contributed by atoms with Crippen molar-refractivity contribution in [1.82, 2.24) is 0 Å². The number of ketones is 1. The second-order valence-corrected chi connectivity index (χ2v) is 6.98. The van der Waals surface area contributed by atoms with Crippen LogP contribution in [-0.2, 0) is 9.84 Å². The zero-order valence-corrected chi connectivity index (χ0v) is 13.3. The van der Waals surface area contributed by atoms with Gasteiger partial charge < -0.3 is 5.21 Å². The number of nitrogens with zero attached hydrogens (tertiary/aromatic N) is 1. The lowest BCUT2D eigenvalue weighted by Gasteiger charge is -2.07. The van der Waals surface area contributed by atoms with Crippen LogP contribution in [-0.4, -0.2) is 24.5 Å². The SMILES string of the molecule is O=C(/C(=N/O)S(=O)(=O)c1ccccc1)c1ccc2ccccc2c1. The monoisotopic (exact) mass is 339 g/mol. The number of carbonyl (C=O) groups excluding carboxylic acids is 1. The molecule has 1 N–H and O–H groups in total. The minimum Gasteiger partial charge on any atom is -0.410 e. The number of hydrogen-bond donors (Lipinski definition) is 1. The van der Waals surface area contributed by atoms with Gasteiger partial charge in [0, 0.05) is 5.56 Å². The van der Waals surface area contributed by atoms with Crippen LogP contribution in [0.1, 0.15) is 10.4 Å². The molecule has 0 aliphatic rings. The van der Waals surface area contributed by atoms with Gasteiger partial charge in [0.25, 0.3) is 0 Å². The number of sulfone groups is 1. The van der Waals surface area contributed by atoms with E-state index in [-0.39, 0.29) is 10.5 Å². The third kappa shape index (κ3) is 2.79. The first-order valence-corrected chi connectivity index (χ1v) is 8.58. The van der Waals surface area contributed by atoms with E-state index < -0.39 is 20.7 Å². The second-order valence-electron chi connectivity index (χ2n) is 5.11. The molecule has 3 rings (SSSR count). The van der Waals surface area contributed by atoms with Gasteiger partial charge in [-0.2, -0.15) is 0 Å². The number of Topliss-reactive ketones (excluding diaryl/α,β-unsaturated/α-hetero) is 1. The Kier molecular flexibility index (Phi) is 4.14. The van der Waals surface area contributed by atoms with Crippen molar-refractivity contribution in [3.63, 3.8) is 0 Å². The van der Waals surface area contributed by atoms with Crippen molar-refractivity contribution in [2.45, 2.75) is 4.90 Å². The lowest BCUT2D eigenvalue weighted by Crippen LogP contribution is -2.25. The van der Waals surface area contributed by atoms with E-state index in [0.29, 0.717) is 0 Å². The Morgan fingerprint density at radius 1 is 0.833 bits per heavy atom. The van der Waals surface area contributed by atoms with Crippen LogP contribution in [0.2, 0.25) is 0 Å². The maximum Gasteiger partial charge on any atom is 0.246 e. The third-order valence-corrected chi connectivity index (χ3v) is 5.27. The van der Waals surface area contributed by atoms with E-state index >= 15 is 0 Å². The summed E-state index contributed by atoms with van der Waals surface area (Å²) in [6, 6.07) is 19.6. The fourth-order valence-electron chi connectivity index (χ4n) is 2.39. The molecule has 0 saturated heterocycles. The highest BCUT2D eigenvalue weighted by Crippen LogP contribution is 2.19. The van der Waals surface area contributed by atoms with Gasteiger partial charge in [-0.05, 0) is 29.0 Å². The summed E-state index contributed by atoms with van der Waals surface area (Å²) in [7, 11) is -4.20. The standard InChI is InChI=1S/C18H13NO4S/c20-17(15-11-10-13-6-4-5-7-14(13)12-15)18(19-21)24(22,23)16-8-2-1-3-9-16/h1-12,21H/b19-18-. The normalized spacial score (nSPS) is 12.2. The Morgan fingerprint density at radius 3 is 2.12 bits per heavy atom. The summed E-state index contributed by atoms with van der Waals surface area (Å²) in [6.07, 6.45) is 0. The van der Waals surface area contributed by atoms with Gasteiger partial charge in [0.2, 0.25) is 20.7 Å². The molecule has 0 radical (unpaired) electrons. The smallest absolute Gasteiger partial charge is 0.246 e. The molecule has 0 aliphatic heterocycles. The predicted molar refractivity (Wildman–Crippen MR) is 91.1 cm³/mol. The minimum absolute atomic E-state index is 0.105. The van der Waals surface area contributed by atoms with Gasteiger partial charge in [0.1, 0.15) is 0 Å². The van der Waals surface area contributed by atoms with Crippen LogP contribution in [0, 0.1) is 0 Å². The molecule has 0 atom stereocenters. The van der Waals surface area contributed by atoms with Gasteiger partial charge >= 0.3 is 0 Å². The first kappa shape index (κ1) is 15.9. The van der Waals surface area contributed by atoms with E-state index in [1.165, 1.54) is 30.3 Å². The lowest BCUT2D eigenvalue weighted by molar-refractivity contribution is 0.106. The van der Waals surface area contributed by atoms with Crippen LogP contribution >= 0.6 is 0 Å². The Bertz CT molecular complexity index is 1040. The first-order chi connectivity index (χ1) is 11.5. The molecule has 6 heteroatoms. The molecular formula is C18H13NO4S. The van der Waals surface area contributed by atoms with Crippen molar-refractivity contribution < 1.29 is 18.4 Å². The fraction of sp³-hybridized carbons (Fsp3) is 0. The number of hydrogen-bond acceptors (Lipinski definition) is 5.